The average molecular weight is 296 g/mol. The number of nitrogens with zero attached hydrogens (tertiary/aromatic N) is 2. The molecule has 0 spiro atoms. The van der Waals surface area contributed by atoms with E-state index in [2.05, 4.69) is 4.90 Å². The first kappa shape index (κ1) is 15.9. The molecule has 0 bridgehead atoms. The summed E-state index contributed by atoms with van der Waals surface area (Å²) in [7, 11) is 0. The van der Waals surface area contributed by atoms with Crippen molar-refractivity contribution in [3.05, 3.63) is 35.4 Å². The summed E-state index contributed by atoms with van der Waals surface area (Å²) in [6.45, 7) is 5.33. The summed E-state index contributed by atoms with van der Waals surface area (Å²) >= 11 is 0. The van der Waals surface area contributed by atoms with Crippen LogP contribution in [0.2, 0.25) is 0 Å². The number of halogens is 2. The molecular weight excluding hydrogens is 274 g/mol. The van der Waals surface area contributed by atoms with Crippen molar-refractivity contribution in [2.45, 2.75) is 25.7 Å². The minimum atomic E-state index is -2.77. The molecule has 2 rings (SSSR count). The number of carbonyl (C=O) groups is 1. The lowest BCUT2D eigenvalue weighted by Gasteiger charge is -2.32. The highest BCUT2D eigenvalue weighted by molar-refractivity contribution is 5.47. The van der Waals surface area contributed by atoms with Gasteiger partial charge in [0.1, 0.15) is 0 Å². The van der Waals surface area contributed by atoms with E-state index in [1.807, 2.05) is 0 Å². The number of carbonyl (C=O) groups excluding carboxylic acids is 1. The SMILES string of the molecule is CC(F)(F)c1ccc(CCCN2CCN(C=O)CC2)cc1. The fraction of sp³-hybridized carbons (Fsp3) is 0.562. The fourth-order valence-corrected chi connectivity index (χ4v) is 2.56. The molecule has 1 amide bonds. The second-order valence-corrected chi connectivity index (χ2v) is 5.67. The Hall–Kier alpha value is -1.49. The van der Waals surface area contributed by atoms with Crippen LogP contribution in [0.15, 0.2) is 24.3 Å². The monoisotopic (exact) mass is 296 g/mol. The molecule has 0 atom stereocenters. The summed E-state index contributed by atoms with van der Waals surface area (Å²) in [6.07, 6.45) is 2.80. The van der Waals surface area contributed by atoms with E-state index in [-0.39, 0.29) is 5.56 Å². The van der Waals surface area contributed by atoms with E-state index in [1.54, 1.807) is 17.0 Å². The van der Waals surface area contributed by atoms with Gasteiger partial charge in [0.15, 0.2) is 0 Å². The third-order valence-corrected chi connectivity index (χ3v) is 3.96. The molecule has 0 aromatic heterocycles. The maximum absolute atomic E-state index is 13.1. The predicted octanol–water partition coefficient (Wildman–Crippen LogP) is 2.50. The summed E-state index contributed by atoms with van der Waals surface area (Å²) in [6, 6.07) is 6.60. The summed E-state index contributed by atoms with van der Waals surface area (Å²) < 4.78 is 26.2. The van der Waals surface area contributed by atoms with Gasteiger partial charge in [-0.25, -0.2) is 8.78 Å². The van der Waals surface area contributed by atoms with Gasteiger partial charge in [0.25, 0.3) is 5.92 Å². The van der Waals surface area contributed by atoms with E-state index >= 15 is 0 Å². The van der Waals surface area contributed by atoms with Crippen LogP contribution < -0.4 is 0 Å². The third-order valence-electron chi connectivity index (χ3n) is 3.96. The van der Waals surface area contributed by atoms with E-state index in [4.69, 9.17) is 0 Å². The Morgan fingerprint density at radius 2 is 1.76 bits per heavy atom. The van der Waals surface area contributed by atoms with E-state index < -0.39 is 5.92 Å². The van der Waals surface area contributed by atoms with Crippen molar-refractivity contribution < 1.29 is 13.6 Å². The first-order chi connectivity index (χ1) is 9.99. The van der Waals surface area contributed by atoms with Crippen molar-refractivity contribution in [3.63, 3.8) is 0 Å². The summed E-state index contributed by atoms with van der Waals surface area (Å²) in [4.78, 5) is 14.8. The number of aryl methyl sites for hydroxylation is 1. The molecule has 1 aliphatic rings. The Kier molecular flexibility index (Phi) is 5.28. The van der Waals surface area contributed by atoms with Crippen LogP contribution in [0.25, 0.3) is 0 Å². The van der Waals surface area contributed by atoms with Crippen molar-refractivity contribution in [3.8, 4) is 0 Å². The highest BCUT2D eigenvalue weighted by atomic mass is 19.3. The van der Waals surface area contributed by atoms with E-state index in [9.17, 15) is 13.6 Å². The Balaban J connectivity index is 1.73. The second-order valence-electron chi connectivity index (χ2n) is 5.67. The Morgan fingerprint density at radius 1 is 1.14 bits per heavy atom. The fourth-order valence-electron chi connectivity index (χ4n) is 2.56. The zero-order valence-electron chi connectivity index (χ0n) is 12.4. The number of hydrogen-bond donors (Lipinski definition) is 0. The highest BCUT2D eigenvalue weighted by Gasteiger charge is 2.23. The van der Waals surface area contributed by atoms with Gasteiger partial charge in [-0.05, 0) is 24.9 Å². The number of hydrogen-bond acceptors (Lipinski definition) is 2. The minimum absolute atomic E-state index is 0.0660. The largest absolute Gasteiger partial charge is 0.343 e. The van der Waals surface area contributed by atoms with Crippen LogP contribution in [0.1, 0.15) is 24.5 Å². The van der Waals surface area contributed by atoms with Crippen LogP contribution in [-0.4, -0.2) is 48.9 Å². The van der Waals surface area contributed by atoms with Gasteiger partial charge in [-0.2, -0.15) is 0 Å². The van der Waals surface area contributed by atoms with Crippen molar-refractivity contribution in [1.29, 1.82) is 0 Å². The normalized spacial score (nSPS) is 17.0. The number of alkyl halides is 2. The second kappa shape index (κ2) is 6.98. The van der Waals surface area contributed by atoms with Gasteiger partial charge in [-0.3, -0.25) is 9.69 Å². The average Bonchev–Trinajstić information content (AvgIpc) is 2.47. The number of piperazine rings is 1. The van der Waals surface area contributed by atoms with Gasteiger partial charge in [0, 0.05) is 38.7 Å². The molecule has 1 aromatic rings. The van der Waals surface area contributed by atoms with Gasteiger partial charge < -0.3 is 4.90 Å². The molecule has 1 aromatic carbocycles. The van der Waals surface area contributed by atoms with Crippen LogP contribution in [0.5, 0.6) is 0 Å². The summed E-state index contributed by atoms with van der Waals surface area (Å²) in [5.74, 6) is -2.77. The predicted molar refractivity (Wildman–Crippen MR) is 78.4 cm³/mol. The van der Waals surface area contributed by atoms with Crippen molar-refractivity contribution in [2.24, 2.45) is 0 Å². The lowest BCUT2D eigenvalue weighted by Crippen LogP contribution is -2.45. The number of amides is 1. The number of rotatable bonds is 6. The first-order valence-electron chi connectivity index (χ1n) is 7.38. The highest BCUT2D eigenvalue weighted by Crippen LogP contribution is 2.26. The molecule has 0 aliphatic carbocycles. The zero-order valence-corrected chi connectivity index (χ0v) is 12.4. The van der Waals surface area contributed by atoms with E-state index in [1.165, 1.54) is 12.1 Å². The van der Waals surface area contributed by atoms with E-state index in [0.29, 0.717) is 0 Å². The van der Waals surface area contributed by atoms with Gasteiger partial charge in [-0.1, -0.05) is 24.3 Å². The molecule has 1 saturated heterocycles. The Morgan fingerprint density at radius 3 is 2.29 bits per heavy atom. The molecule has 0 radical (unpaired) electrons. The first-order valence-corrected chi connectivity index (χ1v) is 7.38. The quantitative estimate of drug-likeness (QED) is 0.753. The summed E-state index contributed by atoms with van der Waals surface area (Å²) in [5.41, 5.74) is 1.16. The maximum atomic E-state index is 13.1. The number of benzene rings is 1. The molecular formula is C16H22F2N2O. The van der Waals surface area contributed by atoms with E-state index in [0.717, 1.165) is 64.5 Å². The molecule has 0 saturated carbocycles. The van der Waals surface area contributed by atoms with Gasteiger partial charge in [0.2, 0.25) is 6.41 Å². The Bertz CT molecular complexity index is 448. The summed E-state index contributed by atoms with van der Waals surface area (Å²) in [5, 5.41) is 0. The van der Waals surface area contributed by atoms with Gasteiger partial charge in [0.05, 0.1) is 0 Å². The van der Waals surface area contributed by atoms with Gasteiger partial charge in [-0.15, -0.1) is 0 Å². The molecule has 1 aliphatic heterocycles. The van der Waals surface area contributed by atoms with Crippen molar-refractivity contribution in [2.75, 3.05) is 32.7 Å². The Labute approximate surface area is 124 Å². The third kappa shape index (κ3) is 4.77. The molecule has 0 unspecified atom stereocenters. The molecule has 1 heterocycles. The zero-order chi connectivity index (χ0) is 15.3. The van der Waals surface area contributed by atoms with Crippen LogP contribution in [0, 0.1) is 0 Å². The minimum Gasteiger partial charge on any atom is -0.343 e. The molecule has 116 valence electrons. The standard InChI is InChI=1S/C16H22F2N2O/c1-16(17,18)15-6-4-14(5-7-15)3-2-8-19-9-11-20(13-21)12-10-19/h4-7,13H,2-3,8-12H2,1H3. The van der Waals surface area contributed by atoms with Crippen molar-refractivity contribution >= 4 is 6.41 Å². The van der Waals surface area contributed by atoms with Crippen molar-refractivity contribution in [1.82, 2.24) is 9.80 Å². The molecule has 21 heavy (non-hydrogen) atoms. The van der Waals surface area contributed by atoms with Crippen LogP contribution in [-0.2, 0) is 17.1 Å². The van der Waals surface area contributed by atoms with Gasteiger partial charge >= 0.3 is 0 Å². The lowest BCUT2D eigenvalue weighted by molar-refractivity contribution is -0.119. The molecule has 5 heteroatoms. The topological polar surface area (TPSA) is 23.6 Å². The van der Waals surface area contributed by atoms with Crippen LogP contribution in [0.3, 0.4) is 0 Å². The molecule has 0 N–H and O–H groups in total. The molecule has 3 nitrogen and oxygen atoms in total. The van der Waals surface area contributed by atoms with Crippen LogP contribution in [0.4, 0.5) is 8.78 Å². The lowest BCUT2D eigenvalue weighted by atomic mass is 10.0. The maximum Gasteiger partial charge on any atom is 0.270 e. The smallest absolute Gasteiger partial charge is 0.270 e. The van der Waals surface area contributed by atoms with Crippen LogP contribution >= 0.6 is 0 Å². The molecule has 1 fully saturated rings.